The van der Waals surface area contributed by atoms with Crippen LogP contribution in [-0.4, -0.2) is 49.7 Å². The number of nitrogens with one attached hydrogen (secondary N) is 1. The number of aromatic nitrogens is 2. The fraction of sp³-hybridized carbons (Fsp3) is 0.471. The Labute approximate surface area is 184 Å². The van der Waals surface area contributed by atoms with Crippen LogP contribution in [0.25, 0.3) is 0 Å². The molecular weight excluding hydrogens is 456 g/mol. The summed E-state index contributed by atoms with van der Waals surface area (Å²) in [6.07, 6.45) is 2.26. The minimum absolute atomic E-state index is 0.195. The van der Waals surface area contributed by atoms with E-state index in [0.717, 1.165) is 27.1 Å². The van der Waals surface area contributed by atoms with Crippen molar-refractivity contribution < 1.29 is 17.9 Å². The van der Waals surface area contributed by atoms with Crippen molar-refractivity contribution in [1.29, 1.82) is 0 Å². The van der Waals surface area contributed by atoms with Crippen molar-refractivity contribution >= 4 is 61.4 Å². The Kier molecular flexibility index (Phi) is 8.56. The van der Waals surface area contributed by atoms with E-state index in [9.17, 15) is 13.2 Å². The van der Waals surface area contributed by atoms with E-state index in [-0.39, 0.29) is 12.1 Å². The zero-order valence-electron chi connectivity index (χ0n) is 16.5. The molecule has 0 saturated carbocycles. The summed E-state index contributed by atoms with van der Waals surface area (Å²) in [5, 5.41) is 11.3. The van der Waals surface area contributed by atoms with E-state index < -0.39 is 22.0 Å². The molecule has 1 aromatic heterocycles. The fourth-order valence-electron chi connectivity index (χ4n) is 2.57. The highest BCUT2D eigenvalue weighted by Gasteiger charge is 2.34. The third-order valence-electron chi connectivity index (χ3n) is 3.77. The Morgan fingerprint density at radius 2 is 2.10 bits per heavy atom. The second-order valence-corrected chi connectivity index (χ2v) is 10.6. The zero-order chi connectivity index (χ0) is 21.6. The summed E-state index contributed by atoms with van der Waals surface area (Å²) in [7, 11) is -2.40. The van der Waals surface area contributed by atoms with Crippen molar-refractivity contribution in [3.63, 3.8) is 0 Å². The first-order valence-electron chi connectivity index (χ1n) is 8.81. The number of amides is 1. The van der Waals surface area contributed by atoms with Gasteiger partial charge in [0.15, 0.2) is 4.34 Å². The number of hydrogen-bond acceptors (Lipinski definition) is 8. The Morgan fingerprint density at radius 1 is 1.38 bits per heavy atom. The van der Waals surface area contributed by atoms with E-state index in [0.29, 0.717) is 15.9 Å². The van der Waals surface area contributed by atoms with Gasteiger partial charge in [-0.05, 0) is 31.0 Å². The lowest BCUT2D eigenvalue weighted by Gasteiger charge is -2.30. The highest BCUT2D eigenvalue weighted by molar-refractivity contribution is 8.01. The molecule has 29 heavy (non-hydrogen) atoms. The molecule has 2 rings (SSSR count). The van der Waals surface area contributed by atoms with Gasteiger partial charge in [-0.3, -0.25) is 14.4 Å². The van der Waals surface area contributed by atoms with Gasteiger partial charge in [-0.2, -0.15) is 0 Å². The molecule has 0 aliphatic carbocycles. The van der Waals surface area contributed by atoms with Crippen LogP contribution in [0, 0.1) is 0 Å². The first kappa shape index (κ1) is 23.7. The van der Waals surface area contributed by atoms with Gasteiger partial charge in [-0.15, -0.1) is 10.2 Å². The van der Waals surface area contributed by atoms with Gasteiger partial charge in [0, 0.05) is 10.8 Å². The number of benzene rings is 1. The van der Waals surface area contributed by atoms with Crippen LogP contribution in [-0.2, 0) is 14.8 Å². The maximum Gasteiger partial charge on any atom is 0.250 e. The molecule has 1 unspecified atom stereocenters. The van der Waals surface area contributed by atoms with Crippen LogP contribution in [0.1, 0.15) is 26.7 Å². The molecule has 1 aromatic carbocycles. The molecule has 2 aromatic rings. The van der Waals surface area contributed by atoms with E-state index in [1.54, 1.807) is 30.8 Å². The summed E-state index contributed by atoms with van der Waals surface area (Å²) >= 11 is 8.87. The number of ether oxygens (including phenoxy) is 1. The lowest BCUT2D eigenvalue weighted by molar-refractivity contribution is -0.117. The van der Waals surface area contributed by atoms with E-state index in [2.05, 4.69) is 22.4 Å². The van der Waals surface area contributed by atoms with Crippen molar-refractivity contribution in [1.82, 2.24) is 10.2 Å². The van der Waals surface area contributed by atoms with E-state index >= 15 is 0 Å². The molecule has 160 valence electrons. The molecule has 0 radical (unpaired) electrons. The maximum atomic E-state index is 13.0. The Bertz CT molecular complexity index is 952. The van der Waals surface area contributed by atoms with E-state index in [1.165, 1.54) is 24.5 Å². The number of methoxy groups -OCH3 is 1. The lowest BCUT2D eigenvalue weighted by Crippen LogP contribution is -2.47. The van der Waals surface area contributed by atoms with Crippen LogP contribution in [0.4, 0.5) is 10.8 Å². The summed E-state index contributed by atoms with van der Waals surface area (Å²) in [4.78, 5) is 13.0. The van der Waals surface area contributed by atoms with Gasteiger partial charge >= 0.3 is 0 Å². The van der Waals surface area contributed by atoms with E-state index in [1.807, 2.05) is 0 Å². The van der Waals surface area contributed by atoms with Gasteiger partial charge in [0.2, 0.25) is 21.1 Å². The predicted octanol–water partition coefficient (Wildman–Crippen LogP) is 3.89. The number of rotatable bonds is 10. The fourth-order valence-corrected chi connectivity index (χ4v) is 5.62. The molecule has 8 nitrogen and oxygen atoms in total. The summed E-state index contributed by atoms with van der Waals surface area (Å²) < 4.78 is 32.3. The summed E-state index contributed by atoms with van der Waals surface area (Å²) in [6, 6.07) is 3.58. The zero-order valence-corrected chi connectivity index (χ0v) is 19.7. The highest BCUT2D eigenvalue weighted by Crippen LogP contribution is 2.35. The van der Waals surface area contributed by atoms with Gasteiger partial charge in [-0.25, -0.2) is 8.42 Å². The molecule has 12 heteroatoms. The standard InChI is InChI=1S/C17H23ClN4O4S3/c1-5-9-27-17-21-20-16(28-17)19-15(23)12(6-2)22(29(4,24)25)13-10-11(18)7-8-14(13)26-3/h7-8,10,12H,5-6,9H2,1-4H3,(H,19,20,23). The van der Waals surface area contributed by atoms with Gasteiger partial charge in [-0.1, -0.05) is 48.5 Å². The monoisotopic (exact) mass is 478 g/mol. The summed E-state index contributed by atoms with van der Waals surface area (Å²) in [5.41, 5.74) is 0.195. The predicted molar refractivity (Wildman–Crippen MR) is 119 cm³/mol. The number of anilines is 2. The molecule has 0 bridgehead atoms. The number of carbonyl (C=O) groups excluding carboxylic acids is 1. The van der Waals surface area contributed by atoms with Crippen LogP contribution in [0.2, 0.25) is 5.02 Å². The van der Waals surface area contributed by atoms with Crippen LogP contribution in [0.15, 0.2) is 22.5 Å². The molecule has 1 amide bonds. The van der Waals surface area contributed by atoms with Crippen molar-refractivity contribution in [3.05, 3.63) is 23.2 Å². The number of carbonyl (C=O) groups is 1. The Morgan fingerprint density at radius 3 is 2.69 bits per heavy atom. The van der Waals surface area contributed by atoms with Crippen molar-refractivity contribution in [2.24, 2.45) is 0 Å². The second-order valence-electron chi connectivity index (χ2n) is 6.01. The first-order valence-corrected chi connectivity index (χ1v) is 12.8. The lowest BCUT2D eigenvalue weighted by atomic mass is 10.2. The van der Waals surface area contributed by atoms with Crippen LogP contribution in [0.3, 0.4) is 0 Å². The van der Waals surface area contributed by atoms with Crippen LogP contribution >= 0.6 is 34.7 Å². The van der Waals surface area contributed by atoms with Gasteiger partial charge in [0.05, 0.1) is 19.1 Å². The minimum Gasteiger partial charge on any atom is -0.495 e. The third-order valence-corrected chi connectivity index (χ3v) is 7.35. The number of thioether (sulfide) groups is 1. The van der Waals surface area contributed by atoms with E-state index in [4.69, 9.17) is 16.3 Å². The smallest absolute Gasteiger partial charge is 0.250 e. The minimum atomic E-state index is -3.83. The average molecular weight is 479 g/mol. The molecule has 1 heterocycles. The third kappa shape index (κ3) is 6.21. The molecule has 1 atom stereocenters. The number of sulfonamides is 1. The van der Waals surface area contributed by atoms with Gasteiger partial charge < -0.3 is 4.74 Å². The molecule has 0 saturated heterocycles. The topological polar surface area (TPSA) is 101 Å². The van der Waals surface area contributed by atoms with Crippen LogP contribution in [0.5, 0.6) is 5.75 Å². The average Bonchev–Trinajstić information content (AvgIpc) is 3.10. The first-order chi connectivity index (χ1) is 13.7. The Balaban J connectivity index is 2.35. The second kappa shape index (κ2) is 10.5. The molecule has 0 aliphatic heterocycles. The SMILES string of the molecule is CCCSc1nnc(NC(=O)C(CC)N(c2cc(Cl)ccc2OC)S(C)(=O)=O)s1. The highest BCUT2D eigenvalue weighted by atomic mass is 35.5. The maximum absolute atomic E-state index is 13.0. The van der Waals surface area contributed by atoms with Crippen molar-refractivity contribution in [2.45, 2.75) is 37.1 Å². The normalized spacial score (nSPS) is 12.4. The molecule has 0 aliphatic rings. The van der Waals surface area contributed by atoms with Crippen molar-refractivity contribution in [3.8, 4) is 5.75 Å². The molecule has 1 N–H and O–H groups in total. The quantitative estimate of drug-likeness (QED) is 0.408. The number of hydrogen-bond donors (Lipinski definition) is 1. The van der Waals surface area contributed by atoms with Crippen molar-refractivity contribution in [2.75, 3.05) is 28.7 Å². The van der Waals surface area contributed by atoms with Gasteiger partial charge in [0.1, 0.15) is 11.8 Å². The number of nitrogens with zero attached hydrogens (tertiary/aromatic N) is 3. The molecular formula is C17H23ClN4O4S3. The van der Waals surface area contributed by atoms with Crippen LogP contribution < -0.4 is 14.4 Å². The van der Waals surface area contributed by atoms with Gasteiger partial charge in [0.25, 0.3) is 0 Å². The summed E-state index contributed by atoms with van der Waals surface area (Å²) in [5.74, 6) is 0.680. The Hall–Kier alpha value is -1.56. The number of halogens is 1. The summed E-state index contributed by atoms with van der Waals surface area (Å²) in [6.45, 7) is 3.79. The largest absolute Gasteiger partial charge is 0.495 e. The molecule has 0 spiro atoms. The molecule has 0 fully saturated rings.